The Bertz CT molecular complexity index is 966. The van der Waals surface area contributed by atoms with E-state index < -0.39 is 29.0 Å². The van der Waals surface area contributed by atoms with Gasteiger partial charge in [-0.15, -0.1) is 0 Å². The second-order valence-corrected chi connectivity index (χ2v) is 8.30. The first-order valence-corrected chi connectivity index (χ1v) is 9.78. The predicted octanol–water partition coefficient (Wildman–Crippen LogP) is 2.64. The molecule has 1 aromatic heterocycles. The SMILES string of the molecule is CNC(=O)C(NC(=O)c1nc(-c2ccc(F)c(F)c2)n2c1COCCC2)C(C)(C)C. The number of hydrogen-bond donors (Lipinski definition) is 2. The summed E-state index contributed by atoms with van der Waals surface area (Å²) in [6.45, 7) is 6.70. The van der Waals surface area contributed by atoms with Crippen molar-refractivity contribution in [2.75, 3.05) is 13.7 Å². The molecule has 0 aliphatic carbocycles. The number of aromatic nitrogens is 2. The van der Waals surface area contributed by atoms with Gasteiger partial charge in [0.2, 0.25) is 5.91 Å². The van der Waals surface area contributed by atoms with E-state index in [0.29, 0.717) is 36.7 Å². The molecular weight excluding hydrogens is 394 g/mol. The highest BCUT2D eigenvalue weighted by Crippen LogP contribution is 2.27. The number of halogens is 2. The van der Waals surface area contributed by atoms with E-state index >= 15 is 0 Å². The molecule has 2 heterocycles. The van der Waals surface area contributed by atoms with Crippen LogP contribution in [-0.2, 0) is 22.7 Å². The normalized spacial score (nSPS) is 15.1. The number of ether oxygens (including phenoxy) is 1. The Morgan fingerprint density at radius 1 is 1.23 bits per heavy atom. The summed E-state index contributed by atoms with van der Waals surface area (Å²) in [6.07, 6.45) is 0.684. The van der Waals surface area contributed by atoms with Crippen LogP contribution in [0.15, 0.2) is 18.2 Å². The van der Waals surface area contributed by atoms with E-state index in [1.54, 1.807) is 4.57 Å². The third-order valence-corrected chi connectivity index (χ3v) is 5.02. The fourth-order valence-electron chi connectivity index (χ4n) is 3.42. The predicted molar refractivity (Wildman–Crippen MR) is 107 cm³/mol. The maximum Gasteiger partial charge on any atom is 0.272 e. The molecule has 30 heavy (non-hydrogen) atoms. The van der Waals surface area contributed by atoms with Crippen molar-refractivity contribution in [1.29, 1.82) is 0 Å². The smallest absolute Gasteiger partial charge is 0.272 e. The number of imidazole rings is 1. The van der Waals surface area contributed by atoms with Gasteiger partial charge in [-0.1, -0.05) is 20.8 Å². The van der Waals surface area contributed by atoms with Crippen molar-refractivity contribution in [3.8, 4) is 11.4 Å². The monoisotopic (exact) mass is 420 g/mol. The number of likely N-dealkylation sites (N-methyl/N-ethyl adjacent to an activating group) is 1. The van der Waals surface area contributed by atoms with Crippen LogP contribution in [0.3, 0.4) is 0 Å². The van der Waals surface area contributed by atoms with Gasteiger partial charge >= 0.3 is 0 Å². The standard InChI is InChI=1S/C21H26F2N4O3/c1-21(2,3)17(20(29)24-4)26-19(28)16-15-11-30-9-5-8-27(15)18(25-16)12-6-7-13(22)14(23)10-12/h6-7,10,17H,5,8-9,11H2,1-4H3,(H,24,29)(H,26,28). The number of nitrogens with one attached hydrogen (secondary N) is 2. The number of rotatable bonds is 4. The molecule has 0 radical (unpaired) electrons. The average molecular weight is 420 g/mol. The maximum atomic E-state index is 13.8. The lowest BCUT2D eigenvalue weighted by atomic mass is 9.86. The second-order valence-electron chi connectivity index (χ2n) is 8.30. The number of carbonyl (C=O) groups is 2. The number of fused-ring (bicyclic) bond motifs is 1. The number of carbonyl (C=O) groups excluding carboxylic acids is 2. The van der Waals surface area contributed by atoms with Crippen LogP contribution in [0.1, 0.15) is 43.4 Å². The van der Waals surface area contributed by atoms with Gasteiger partial charge in [-0.25, -0.2) is 13.8 Å². The van der Waals surface area contributed by atoms with Crippen molar-refractivity contribution >= 4 is 11.8 Å². The molecule has 1 atom stereocenters. The van der Waals surface area contributed by atoms with E-state index in [1.165, 1.54) is 13.1 Å². The molecule has 1 aromatic carbocycles. The summed E-state index contributed by atoms with van der Waals surface area (Å²) in [5, 5.41) is 5.33. The minimum Gasteiger partial charge on any atom is -0.375 e. The highest BCUT2D eigenvalue weighted by atomic mass is 19.2. The Labute approximate surface area is 173 Å². The van der Waals surface area contributed by atoms with Crippen LogP contribution in [0, 0.1) is 17.0 Å². The van der Waals surface area contributed by atoms with Gasteiger partial charge in [0.15, 0.2) is 17.3 Å². The van der Waals surface area contributed by atoms with Gasteiger partial charge in [0.25, 0.3) is 5.91 Å². The summed E-state index contributed by atoms with van der Waals surface area (Å²) < 4.78 is 34.6. The number of nitrogens with zero attached hydrogens (tertiary/aromatic N) is 2. The molecule has 1 aliphatic rings. The summed E-state index contributed by atoms with van der Waals surface area (Å²) in [4.78, 5) is 29.9. The lowest BCUT2D eigenvalue weighted by molar-refractivity contribution is -0.124. The zero-order valence-electron chi connectivity index (χ0n) is 17.5. The summed E-state index contributed by atoms with van der Waals surface area (Å²) in [5.74, 6) is -2.44. The Hall–Kier alpha value is -2.81. The quantitative estimate of drug-likeness (QED) is 0.796. The maximum absolute atomic E-state index is 13.8. The molecule has 0 spiro atoms. The molecule has 0 saturated carbocycles. The van der Waals surface area contributed by atoms with Crippen molar-refractivity contribution in [2.24, 2.45) is 5.41 Å². The summed E-state index contributed by atoms with van der Waals surface area (Å²) in [7, 11) is 1.50. The summed E-state index contributed by atoms with van der Waals surface area (Å²) >= 11 is 0. The molecule has 0 bridgehead atoms. The van der Waals surface area contributed by atoms with Gasteiger partial charge in [0.05, 0.1) is 12.3 Å². The van der Waals surface area contributed by atoms with Gasteiger partial charge < -0.3 is 19.9 Å². The van der Waals surface area contributed by atoms with Crippen LogP contribution in [0.2, 0.25) is 0 Å². The molecule has 1 unspecified atom stereocenters. The van der Waals surface area contributed by atoms with Crippen molar-refractivity contribution < 1.29 is 23.1 Å². The Morgan fingerprint density at radius 2 is 1.97 bits per heavy atom. The van der Waals surface area contributed by atoms with Gasteiger partial charge in [-0.2, -0.15) is 0 Å². The van der Waals surface area contributed by atoms with E-state index in [-0.39, 0.29) is 18.2 Å². The van der Waals surface area contributed by atoms with Crippen molar-refractivity contribution in [2.45, 2.75) is 46.4 Å². The molecule has 9 heteroatoms. The Balaban J connectivity index is 2.04. The first kappa shape index (κ1) is 21.9. The number of benzene rings is 1. The fraction of sp³-hybridized carbons (Fsp3) is 0.476. The first-order chi connectivity index (χ1) is 14.1. The largest absolute Gasteiger partial charge is 0.375 e. The van der Waals surface area contributed by atoms with Crippen LogP contribution in [0.25, 0.3) is 11.4 Å². The van der Waals surface area contributed by atoms with E-state index in [9.17, 15) is 18.4 Å². The summed E-state index contributed by atoms with van der Waals surface area (Å²) in [6, 6.07) is 2.72. The number of hydrogen-bond acceptors (Lipinski definition) is 4. The van der Waals surface area contributed by atoms with Crippen LogP contribution in [0.4, 0.5) is 8.78 Å². The molecule has 162 valence electrons. The molecule has 2 aromatic rings. The Morgan fingerprint density at radius 3 is 2.60 bits per heavy atom. The fourth-order valence-corrected chi connectivity index (χ4v) is 3.42. The van der Waals surface area contributed by atoms with Crippen molar-refractivity contribution in [1.82, 2.24) is 20.2 Å². The third kappa shape index (κ3) is 4.35. The molecule has 7 nitrogen and oxygen atoms in total. The molecule has 2 N–H and O–H groups in total. The van der Waals surface area contributed by atoms with Gasteiger partial charge in [-0.05, 0) is 30.0 Å². The molecular formula is C21H26F2N4O3. The van der Waals surface area contributed by atoms with E-state index in [4.69, 9.17) is 4.74 Å². The van der Waals surface area contributed by atoms with E-state index in [2.05, 4.69) is 15.6 Å². The minimum atomic E-state index is -0.992. The summed E-state index contributed by atoms with van der Waals surface area (Å²) in [5.41, 5.74) is 0.463. The first-order valence-electron chi connectivity index (χ1n) is 9.78. The molecule has 0 fully saturated rings. The highest BCUT2D eigenvalue weighted by Gasteiger charge is 2.34. The van der Waals surface area contributed by atoms with Crippen molar-refractivity contribution in [3.05, 3.63) is 41.2 Å². The van der Waals surface area contributed by atoms with Crippen LogP contribution in [0.5, 0.6) is 0 Å². The zero-order valence-corrected chi connectivity index (χ0v) is 17.5. The van der Waals surface area contributed by atoms with Gasteiger partial charge in [0, 0.05) is 25.8 Å². The van der Waals surface area contributed by atoms with Crippen LogP contribution in [-0.4, -0.2) is 41.1 Å². The number of amides is 2. The van der Waals surface area contributed by atoms with Crippen molar-refractivity contribution in [3.63, 3.8) is 0 Å². The molecule has 3 rings (SSSR count). The van der Waals surface area contributed by atoms with E-state index in [0.717, 1.165) is 12.1 Å². The van der Waals surface area contributed by atoms with Crippen LogP contribution < -0.4 is 10.6 Å². The lowest BCUT2D eigenvalue weighted by Gasteiger charge is -2.29. The van der Waals surface area contributed by atoms with Crippen LogP contribution >= 0.6 is 0 Å². The third-order valence-electron chi connectivity index (χ3n) is 5.02. The average Bonchev–Trinajstić information content (AvgIpc) is 2.88. The molecule has 2 amide bonds. The highest BCUT2D eigenvalue weighted by molar-refractivity contribution is 5.97. The topological polar surface area (TPSA) is 85.3 Å². The van der Waals surface area contributed by atoms with Gasteiger partial charge in [-0.3, -0.25) is 9.59 Å². The molecule has 1 aliphatic heterocycles. The molecule has 0 saturated heterocycles. The lowest BCUT2D eigenvalue weighted by Crippen LogP contribution is -2.53. The second kappa shape index (κ2) is 8.51. The van der Waals surface area contributed by atoms with Gasteiger partial charge in [0.1, 0.15) is 11.9 Å². The zero-order chi connectivity index (χ0) is 22.1. The van der Waals surface area contributed by atoms with E-state index in [1.807, 2.05) is 20.8 Å². The Kier molecular flexibility index (Phi) is 6.21. The minimum absolute atomic E-state index is 0.106.